The number of carbonyl (C=O) groups is 1. The minimum Gasteiger partial charge on any atom is -0.289 e. The van der Waals surface area contributed by atoms with Crippen molar-refractivity contribution in [2.24, 2.45) is 0 Å². The summed E-state index contributed by atoms with van der Waals surface area (Å²) < 4.78 is 13.3. The largest absolute Gasteiger partial charge is 0.289 e. The summed E-state index contributed by atoms with van der Waals surface area (Å²) >= 11 is 1.58. The molecule has 20 heavy (non-hydrogen) atoms. The van der Waals surface area contributed by atoms with Crippen LogP contribution in [0.15, 0.2) is 52.9 Å². The van der Waals surface area contributed by atoms with E-state index in [1.54, 1.807) is 17.8 Å². The smallest absolute Gasteiger partial charge is 0.191 e. The van der Waals surface area contributed by atoms with E-state index in [-0.39, 0.29) is 11.6 Å². The fraction of sp³-hybridized carbons (Fsp3) is 0.118. The molecule has 0 saturated heterocycles. The first kappa shape index (κ1) is 13.1. The highest BCUT2D eigenvalue weighted by Gasteiger charge is 2.22. The van der Waals surface area contributed by atoms with Gasteiger partial charge in [-0.05, 0) is 36.8 Å². The van der Waals surface area contributed by atoms with Crippen LogP contribution < -0.4 is 0 Å². The SMILES string of the molecule is Cc1ccc(/C=C2\CSc3ccc(F)cc3C2=O)cc1. The molecule has 0 fully saturated rings. The van der Waals surface area contributed by atoms with Gasteiger partial charge in [0.05, 0.1) is 0 Å². The Morgan fingerprint density at radius 1 is 1.15 bits per heavy atom. The number of hydrogen-bond donors (Lipinski definition) is 0. The van der Waals surface area contributed by atoms with Crippen LogP contribution in [0.4, 0.5) is 4.39 Å². The van der Waals surface area contributed by atoms with Crippen molar-refractivity contribution in [2.45, 2.75) is 11.8 Å². The van der Waals surface area contributed by atoms with Crippen molar-refractivity contribution in [3.05, 3.63) is 70.5 Å². The van der Waals surface area contributed by atoms with Crippen LogP contribution in [0.3, 0.4) is 0 Å². The van der Waals surface area contributed by atoms with Crippen LogP contribution in [0.5, 0.6) is 0 Å². The van der Waals surface area contributed by atoms with E-state index >= 15 is 0 Å². The van der Waals surface area contributed by atoms with Crippen molar-refractivity contribution < 1.29 is 9.18 Å². The van der Waals surface area contributed by atoms with Crippen molar-refractivity contribution in [3.63, 3.8) is 0 Å². The van der Waals surface area contributed by atoms with Crippen molar-refractivity contribution in [3.8, 4) is 0 Å². The molecule has 0 atom stereocenters. The van der Waals surface area contributed by atoms with E-state index in [1.165, 1.54) is 17.7 Å². The van der Waals surface area contributed by atoms with Gasteiger partial charge < -0.3 is 0 Å². The molecule has 0 aliphatic carbocycles. The third-order valence-corrected chi connectivity index (χ3v) is 4.40. The molecule has 1 aliphatic rings. The van der Waals surface area contributed by atoms with Crippen LogP contribution in [0.2, 0.25) is 0 Å². The lowest BCUT2D eigenvalue weighted by molar-refractivity contribution is 0.103. The van der Waals surface area contributed by atoms with Crippen molar-refractivity contribution in [2.75, 3.05) is 5.75 Å². The highest BCUT2D eigenvalue weighted by molar-refractivity contribution is 7.99. The third kappa shape index (κ3) is 2.54. The molecule has 0 aromatic heterocycles. The van der Waals surface area contributed by atoms with Crippen molar-refractivity contribution in [1.29, 1.82) is 0 Å². The van der Waals surface area contributed by atoms with Gasteiger partial charge in [0.15, 0.2) is 5.78 Å². The molecule has 3 heteroatoms. The molecular formula is C17H13FOS. The summed E-state index contributed by atoms with van der Waals surface area (Å²) in [6.07, 6.45) is 1.89. The molecule has 3 rings (SSSR count). The molecule has 1 aliphatic heterocycles. The molecule has 0 N–H and O–H groups in total. The van der Waals surface area contributed by atoms with Gasteiger partial charge in [-0.1, -0.05) is 29.8 Å². The van der Waals surface area contributed by atoms with E-state index < -0.39 is 0 Å². The Bertz CT molecular complexity index is 701. The van der Waals surface area contributed by atoms with Gasteiger partial charge in [-0.15, -0.1) is 11.8 Å². The number of aryl methyl sites for hydroxylation is 1. The van der Waals surface area contributed by atoms with Crippen LogP contribution in [0, 0.1) is 12.7 Å². The maximum atomic E-state index is 13.3. The predicted octanol–water partition coefficient (Wildman–Crippen LogP) is 4.51. The topological polar surface area (TPSA) is 17.1 Å². The second kappa shape index (κ2) is 5.25. The summed E-state index contributed by atoms with van der Waals surface area (Å²) in [5.74, 6) is 0.193. The van der Waals surface area contributed by atoms with Crippen LogP contribution in [-0.2, 0) is 0 Å². The summed E-state index contributed by atoms with van der Waals surface area (Å²) in [5.41, 5.74) is 3.37. The van der Waals surface area contributed by atoms with Gasteiger partial charge in [-0.2, -0.15) is 0 Å². The van der Waals surface area contributed by atoms with Gasteiger partial charge in [0.25, 0.3) is 0 Å². The lowest BCUT2D eigenvalue weighted by Gasteiger charge is -2.16. The highest BCUT2D eigenvalue weighted by Crippen LogP contribution is 2.33. The second-order valence-electron chi connectivity index (χ2n) is 4.84. The fourth-order valence-electron chi connectivity index (χ4n) is 2.17. The monoisotopic (exact) mass is 284 g/mol. The van der Waals surface area contributed by atoms with Crippen LogP contribution in [-0.4, -0.2) is 11.5 Å². The Balaban J connectivity index is 1.97. The van der Waals surface area contributed by atoms with Crippen LogP contribution >= 0.6 is 11.8 Å². The van der Waals surface area contributed by atoms with E-state index in [2.05, 4.69) is 0 Å². The Morgan fingerprint density at radius 2 is 1.90 bits per heavy atom. The standard InChI is InChI=1S/C17H13FOS/c1-11-2-4-12(5-3-11)8-13-10-20-16-7-6-14(18)9-15(16)17(13)19/h2-9H,10H2,1H3/b13-8+. The molecule has 0 unspecified atom stereocenters. The van der Waals surface area contributed by atoms with Gasteiger partial charge in [0.2, 0.25) is 0 Å². The highest BCUT2D eigenvalue weighted by atomic mass is 32.2. The maximum absolute atomic E-state index is 13.3. The molecule has 1 nitrogen and oxygen atoms in total. The van der Waals surface area contributed by atoms with Crippen molar-refractivity contribution in [1.82, 2.24) is 0 Å². The first-order chi connectivity index (χ1) is 9.63. The van der Waals surface area contributed by atoms with E-state index in [0.717, 1.165) is 16.0 Å². The van der Waals surface area contributed by atoms with Crippen LogP contribution in [0.1, 0.15) is 21.5 Å². The number of rotatable bonds is 1. The number of thioether (sulfide) groups is 1. The van der Waals surface area contributed by atoms with Gasteiger partial charge in [0, 0.05) is 21.8 Å². The number of halogens is 1. The summed E-state index contributed by atoms with van der Waals surface area (Å²) in [6.45, 7) is 2.03. The average Bonchev–Trinajstić information content (AvgIpc) is 2.45. The molecular weight excluding hydrogens is 271 g/mol. The molecule has 0 spiro atoms. The minimum atomic E-state index is -0.366. The van der Waals surface area contributed by atoms with E-state index in [1.807, 2.05) is 37.3 Å². The summed E-state index contributed by atoms with van der Waals surface area (Å²) in [6, 6.07) is 12.4. The lowest BCUT2D eigenvalue weighted by atomic mass is 10.0. The molecule has 0 radical (unpaired) electrons. The molecule has 2 aromatic carbocycles. The number of ketones is 1. The summed E-state index contributed by atoms with van der Waals surface area (Å²) in [4.78, 5) is 13.3. The van der Waals surface area contributed by atoms with E-state index in [0.29, 0.717) is 11.3 Å². The summed E-state index contributed by atoms with van der Waals surface area (Å²) in [5, 5.41) is 0. The molecule has 100 valence electrons. The number of Topliss-reactive ketones (excluding diaryl/α,β-unsaturated/α-hetero) is 1. The number of benzene rings is 2. The average molecular weight is 284 g/mol. The number of hydrogen-bond acceptors (Lipinski definition) is 2. The number of carbonyl (C=O) groups excluding carboxylic acids is 1. The second-order valence-corrected chi connectivity index (χ2v) is 5.86. The zero-order chi connectivity index (χ0) is 14.1. The van der Waals surface area contributed by atoms with Gasteiger partial charge in [-0.25, -0.2) is 4.39 Å². The van der Waals surface area contributed by atoms with Crippen LogP contribution in [0.25, 0.3) is 6.08 Å². The third-order valence-electron chi connectivity index (χ3n) is 3.28. The molecule has 0 saturated carbocycles. The quantitative estimate of drug-likeness (QED) is 0.717. The van der Waals surface area contributed by atoms with Gasteiger partial charge >= 0.3 is 0 Å². The fourth-order valence-corrected chi connectivity index (χ4v) is 3.17. The zero-order valence-electron chi connectivity index (χ0n) is 11.0. The van der Waals surface area contributed by atoms with E-state index in [4.69, 9.17) is 0 Å². The normalized spacial score (nSPS) is 16.3. The predicted molar refractivity (Wildman–Crippen MR) is 80.6 cm³/mol. The lowest BCUT2D eigenvalue weighted by Crippen LogP contribution is -2.12. The Labute approximate surface area is 121 Å². The van der Waals surface area contributed by atoms with Gasteiger partial charge in [0.1, 0.15) is 5.82 Å². The minimum absolute atomic E-state index is 0.0705. The molecule has 0 bridgehead atoms. The maximum Gasteiger partial charge on any atom is 0.191 e. The summed E-state index contributed by atoms with van der Waals surface area (Å²) in [7, 11) is 0. The van der Waals surface area contributed by atoms with E-state index in [9.17, 15) is 9.18 Å². The molecule has 0 amide bonds. The Morgan fingerprint density at radius 3 is 2.65 bits per heavy atom. The number of fused-ring (bicyclic) bond motifs is 1. The molecule has 1 heterocycles. The van der Waals surface area contributed by atoms with Crippen molar-refractivity contribution >= 4 is 23.6 Å². The molecule has 2 aromatic rings. The first-order valence-electron chi connectivity index (χ1n) is 6.38. The first-order valence-corrected chi connectivity index (χ1v) is 7.36. The Hall–Kier alpha value is -1.87. The van der Waals surface area contributed by atoms with Gasteiger partial charge in [-0.3, -0.25) is 4.79 Å². The zero-order valence-corrected chi connectivity index (χ0v) is 11.8. The Kier molecular flexibility index (Phi) is 3.45.